The van der Waals surface area contributed by atoms with Crippen LogP contribution in [0.5, 0.6) is 5.75 Å². The van der Waals surface area contributed by atoms with E-state index < -0.39 is 6.16 Å². The summed E-state index contributed by atoms with van der Waals surface area (Å²) in [6.07, 6.45) is 0.460. The molecule has 0 aromatic heterocycles. The topological polar surface area (TPSA) is 76.2 Å². The molecule has 1 saturated heterocycles. The predicted octanol–water partition coefficient (Wildman–Crippen LogP) is 3.67. The van der Waals surface area contributed by atoms with Crippen LogP contribution in [0.25, 0.3) is 0 Å². The molecule has 0 unspecified atom stereocenters. The molecule has 0 radical (unpaired) electrons. The molecule has 8 heteroatoms. The third-order valence-electron chi connectivity index (χ3n) is 5.27. The van der Waals surface area contributed by atoms with Crippen molar-refractivity contribution in [2.24, 2.45) is 0 Å². The summed E-state index contributed by atoms with van der Waals surface area (Å²) in [7, 11) is 0. The van der Waals surface area contributed by atoms with E-state index in [-0.39, 0.29) is 30.7 Å². The van der Waals surface area contributed by atoms with E-state index in [1.54, 1.807) is 59.2 Å². The van der Waals surface area contributed by atoms with Crippen LogP contribution in [0.4, 0.5) is 9.18 Å². The van der Waals surface area contributed by atoms with Gasteiger partial charge in [-0.1, -0.05) is 18.2 Å². The molecule has 2 aromatic rings. The fraction of sp³-hybridized carbons (Fsp3) is 0.375. The summed E-state index contributed by atoms with van der Waals surface area (Å²) >= 11 is 0. The van der Waals surface area contributed by atoms with E-state index in [1.165, 1.54) is 6.07 Å². The van der Waals surface area contributed by atoms with Crippen molar-refractivity contribution in [1.29, 1.82) is 0 Å². The molecule has 1 aliphatic heterocycles. The zero-order chi connectivity index (χ0) is 22.9. The van der Waals surface area contributed by atoms with Crippen LogP contribution >= 0.6 is 0 Å². The van der Waals surface area contributed by atoms with E-state index in [0.29, 0.717) is 55.9 Å². The summed E-state index contributed by atoms with van der Waals surface area (Å²) in [5.41, 5.74) is 1.00. The molecule has 0 aliphatic carbocycles. The molecular weight excluding hydrogens is 415 g/mol. The first-order valence-corrected chi connectivity index (χ1v) is 10.7. The van der Waals surface area contributed by atoms with Gasteiger partial charge in [0.25, 0.3) is 5.91 Å². The molecule has 3 rings (SSSR count). The smallest absolute Gasteiger partial charge is 0.434 e. The Kier molecular flexibility index (Phi) is 8.19. The average molecular weight is 442 g/mol. The summed E-state index contributed by atoms with van der Waals surface area (Å²) in [5.74, 6) is -0.189. The van der Waals surface area contributed by atoms with E-state index in [9.17, 15) is 18.8 Å². The van der Waals surface area contributed by atoms with Gasteiger partial charge in [0.1, 0.15) is 11.6 Å². The van der Waals surface area contributed by atoms with Crippen molar-refractivity contribution in [3.8, 4) is 5.75 Å². The number of nitrogens with zero attached hydrogens (tertiary/aromatic N) is 2. The van der Waals surface area contributed by atoms with Crippen LogP contribution in [0.1, 0.15) is 35.7 Å². The molecule has 7 nitrogen and oxygen atoms in total. The molecule has 1 aliphatic rings. The maximum Gasteiger partial charge on any atom is 0.513 e. The lowest BCUT2D eigenvalue weighted by atomic mass is 10.1. The summed E-state index contributed by atoms with van der Waals surface area (Å²) in [6.45, 7) is 3.86. The number of carbonyl (C=O) groups excluding carboxylic acids is 3. The fourth-order valence-corrected chi connectivity index (χ4v) is 3.56. The first-order chi connectivity index (χ1) is 15.5. The summed E-state index contributed by atoms with van der Waals surface area (Å²) in [5, 5.41) is 0. The molecule has 1 fully saturated rings. The van der Waals surface area contributed by atoms with Crippen LogP contribution in [0.2, 0.25) is 0 Å². The Bertz CT molecular complexity index is 948. The zero-order valence-electron chi connectivity index (χ0n) is 18.1. The van der Waals surface area contributed by atoms with Gasteiger partial charge in [-0.3, -0.25) is 9.59 Å². The largest absolute Gasteiger partial charge is 0.513 e. The summed E-state index contributed by atoms with van der Waals surface area (Å²) in [6, 6.07) is 12.7. The van der Waals surface area contributed by atoms with Gasteiger partial charge in [0, 0.05) is 38.2 Å². The second-order valence-electron chi connectivity index (χ2n) is 7.43. The monoisotopic (exact) mass is 442 g/mol. The quantitative estimate of drug-likeness (QED) is 0.504. The SMILES string of the molecule is CCOC(=O)Oc1ccc(C(=O)N2CCCN(C(=O)CCc3ccccc3F)CC2)cc1. The van der Waals surface area contributed by atoms with Gasteiger partial charge in [0.05, 0.1) is 6.61 Å². The third-order valence-corrected chi connectivity index (χ3v) is 5.27. The van der Waals surface area contributed by atoms with Crippen molar-refractivity contribution in [1.82, 2.24) is 9.80 Å². The minimum absolute atomic E-state index is 0.0389. The molecule has 32 heavy (non-hydrogen) atoms. The van der Waals surface area contributed by atoms with Crippen molar-refractivity contribution in [2.45, 2.75) is 26.2 Å². The Morgan fingerprint density at radius 1 is 0.938 bits per heavy atom. The van der Waals surface area contributed by atoms with Crippen LogP contribution in [0, 0.1) is 5.82 Å². The zero-order valence-corrected chi connectivity index (χ0v) is 18.1. The number of rotatable bonds is 6. The minimum atomic E-state index is -0.793. The van der Waals surface area contributed by atoms with E-state index in [0.717, 1.165) is 0 Å². The fourth-order valence-electron chi connectivity index (χ4n) is 3.56. The van der Waals surface area contributed by atoms with Gasteiger partial charge in [0.15, 0.2) is 0 Å². The number of benzene rings is 2. The molecule has 2 aromatic carbocycles. The lowest BCUT2D eigenvalue weighted by molar-refractivity contribution is -0.131. The van der Waals surface area contributed by atoms with Gasteiger partial charge >= 0.3 is 6.16 Å². The van der Waals surface area contributed by atoms with Crippen LogP contribution in [0.15, 0.2) is 48.5 Å². The molecule has 2 amide bonds. The first kappa shape index (κ1) is 23.2. The lowest BCUT2D eigenvalue weighted by Gasteiger charge is -2.22. The van der Waals surface area contributed by atoms with Crippen LogP contribution in [0.3, 0.4) is 0 Å². The third kappa shape index (κ3) is 6.29. The number of ether oxygens (including phenoxy) is 2. The number of hydrogen-bond donors (Lipinski definition) is 0. The second-order valence-corrected chi connectivity index (χ2v) is 7.43. The van der Waals surface area contributed by atoms with Crippen molar-refractivity contribution in [2.75, 3.05) is 32.8 Å². The molecule has 0 spiro atoms. The van der Waals surface area contributed by atoms with Gasteiger partial charge in [0.2, 0.25) is 5.91 Å². The van der Waals surface area contributed by atoms with Crippen LogP contribution in [-0.2, 0) is 16.0 Å². The first-order valence-electron chi connectivity index (χ1n) is 10.7. The molecule has 0 saturated carbocycles. The highest BCUT2D eigenvalue weighted by molar-refractivity contribution is 5.94. The number of hydrogen-bond acceptors (Lipinski definition) is 5. The van der Waals surface area contributed by atoms with Crippen molar-refractivity contribution in [3.05, 3.63) is 65.5 Å². The van der Waals surface area contributed by atoms with Gasteiger partial charge in [-0.25, -0.2) is 9.18 Å². The van der Waals surface area contributed by atoms with Crippen molar-refractivity contribution >= 4 is 18.0 Å². The number of halogens is 1. The highest BCUT2D eigenvalue weighted by atomic mass is 19.1. The molecule has 1 heterocycles. The van der Waals surface area contributed by atoms with Crippen LogP contribution in [-0.4, -0.2) is 60.6 Å². The van der Waals surface area contributed by atoms with Crippen LogP contribution < -0.4 is 4.74 Å². The molecule has 0 N–H and O–H groups in total. The Labute approximate surface area is 186 Å². The van der Waals surface area contributed by atoms with Gasteiger partial charge in [-0.05, 0) is 55.7 Å². The van der Waals surface area contributed by atoms with Gasteiger partial charge < -0.3 is 19.3 Å². The Hall–Kier alpha value is -3.42. The average Bonchev–Trinajstić information content (AvgIpc) is 3.05. The number of carbonyl (C=O) groups is 3. The Morgan fingerprint density at radius 2 is 1.62 bits per heavy atom. The normalized spacial score (nSPS) is 13.9. The van der Waals surface area contributed by atoms with E-state index in [2.05, 4.69) is 0 Å². The highest BCUT2D eigenvalue weighted by Gasteiger charge is 2.23. The molecule has 0 atom stereocenters. The van der Waals surface area contributed by atoms with E-state index >= 15 is 0 Å². The van der Waals surface area contributed by atoms with Crippen molar-refractivity contribution in [3.63, 3.8) is 0 Å². The second kappa shape index (κ2) is 11.3. The number of aryl methyl sites for hydroxylation is 1. The van der Waals surface area contributed by atoms with E-state index in [1.807, 2.05) is 0 Å². The maximum absolute atomic E-state index is 13.8. The minimum Gasteiger partial charge on any atom is -0.434 e. The summed E-state index contributed by atoms with van der Waals surface area (Å²) < 4.78 is 23.5. The molecule has 170 valence electrons. The van der Waals surface area contributed by atoms with Gasteiger partial charge in [-0.2, -0.15) is 0 Å². The Balaban J connectivity index is 1.51. The predicted molar refractivity (Wildman–Crippen MR) is 116 cm³/mol. The maximum atomic E-state index is 13.8. The molecule has 0 bridgehead atoms. The molecular formula is C24H27FN2O5. The highest BCUT2D eigenvalue weighted by Crippen LogP contribution is 2.16. The summed E-state index contributed by atoms with van der Waals surface area (Å²) in [4.78, 5) is 40.3. The number of amides is 2. The van der Waals surface area contributed by atoms with Crippen molar-refractivity contribution < 1.29 is 28.2 Å². The Morgan fingerprint density at radius 3 is 2.34 bits per heavy atom. The van der Waals surface area contributed by atoms with Gasteiger partial charge in [-0.15, -0.1) is 0 Å². The van der Waals surface area contributed by atoms with E-state index in [4.69, 9.17) is 9.47 Å². The lowest BCUT2D eigenvalue weighted by Crippen LogP contribution is -2.37. The standard InChI is InChI=1S/C24H27FN2O5/c1-2-31-24(30)32-20-11-8-19(9-12-20)23(29)27-15-5-14-26(16-17-27)22(28)13-10-18-6-3-4-7-21(18)25/h3-4,6-9,11-12H,2,5,10,13-17H2,1H3.